The van der Waals surface area contributed by atoms with Crippen molar-refractivity contribution in [3.05, 3.63) is 71.8 Å². The van der Waals surface area contributed by atoms with Crippen LogP contribution in [0.3, 0.4) is 0 Å². The zero-order valence-electron chi connectivity index (χ0n) is 12.0. The minimum Gasteiger partial charge on any atom is -0.344 e. The quantitative estimate of drug-likeness (QED) is 0.868. The number of benzene rings is 2. The Morgan fingerprint density at radius 2 is 1.37 bits per heavy atom. The van der Waals surface area contributed by atoms with Crippen LogP contribution < -0.4 is 11.9 Å². The molecule has 0 aromatic heterocycles. The third-order valence-corrected chi connectivity index (χ3v) is 2.97. The maximum atomic E-state index is 5.50. The number of nitrogens with two attached hydrogens (primary N) is 1. The zero-order chi connectivity index (χ0) is 13.2. The van der Waals surface area contributed by atoms with Crippen LogP contribution in [0.1, 0.15) is 30.9 Å². The smallest absolute Gasteiger partial charge is 0.00109 e. The van der Waals surface area contributed by atoms with Gasteiger partial charge in [0.25, 0.3) is 0 Å². The molecule has 0 heterocycles. The van der Waals surface area contributed by atoms with Gasteiger partial charge in [-0.25, -0.2) is 0 Å². The Morgan fingerprint density at radius 3 is 1.74 bits per heavy atom. The first-order valence-corrected chi connectivity index (χ1v) is 6.56. The molecule has 0 aliphatic carbocycles. The van der Waals surface area contributed by atoms with Gasteiger partial charge in [-0.15, -0.1) is 0 Å². The molecular weight excluding hydrogens is 232 g/mol. The molecule has 0 radical (unpaired) electrons. The molecule has 1 unspecified atom stereocenters. The SMILES string of the molecule is CC(CN)c1ccccc1.CCc1ccccc1.N. The average molecular weight is 258 g/mol. The fraction of sp³-hybridized carbons (Fsp3) is 0.294. The van der Waals surface area contributed by atoms with Gasteiger partial charge in [-0.3, -0.25) is 0 Å². The van der Waals surface area contributed by atoms with Crippen LogP contribution >= 0.6 is 0 Å². The van der Waals surface area contributed by atoms with E-state index in [-0.39, 0.29) is 6.15 Å². The van der Waals surface area contributed by atoms with Crippen LogP contribution in [-0.2, 0) is 6.42 Å². The first-order valence-electron chi connectivity index (χ1n) is 6.56. The standard InChI is InChI=1S/C9H13N.C8H10.H3N/c1-8(7-10)9-5-3-2-4-6-9;1-2-8-6-4-3-5-7-8;/h2-6,8H,7,10H2,1H3;3-7H,2H2,1H3;1H3. The molecule has 0 amide bonds. The third kappa shape index (κ3) is 6.75. The summed E-state index contributed by atoms with van der Waals surface area (Å²) >= 11 is 0. The Bertz CT molecular complexity index is 412. The number of rotatable bonds is 3. The molecular formula is C17H26N2. The summed E-state index contributed by atoms with van der Waals surface area (Å²) in [5.74, 6) is 0.487. The van der Waals surface area contributed by atoms with Gasteiger partial charge < -0.3 is 11.9 Å². The highest BCUT2D eigenvalue weighted by molar-refractivity contribution is 5.18. The van der Waals surface area contributed by atoms with Gasteiger partial charge in [0.2, 0.25) is 0 Å². The molecule has 0 bridgehead atoms. The van der Waals surface area contributed by atoms with Gasteiger partial charge in [-0.2, -0.15) is 0 Å². The molecule has 0 fully saturated rings. The zero-order valence-corrected chi connectivity index (χ0v) is 12.0. The molecule has 2 aromatic carbocycles. The van der Waals surface area contributed by atoms with Crippen LogP contribution in [0.2, 0.25) is 0 Å². The summed E-state index contributed by atoms with van der Waals surface area (Å²) in [4.78, 5) is 0. The van der Waals surface area contributed by atoms with Gasteiger partial charge in [0, 0.05) is 0 Å². The molecule has 5 N–H and O–H groups in total. The molecule has 0 saturated carbocycles. The van der Waals surface area contributed by atoms with E-state index in [1.54, 1.807) is 0 Å². The lowest BCUT2D eigenvalue weighted by Gasteiger charge is -2.06. The highest BCUT2D eigenvalue weighted by Crippen LogP contribution is 2.11. The third-order valence-electron chi connectivity index (χ3n) is 2.97. The Labute approximate surface area is 117 Å². The molecule has 0 spiro atoms. The van der Waals surface area contributed by atoms with Crippen molar-refractivity contribution in [3.63, 3.8) is 0 Å². The van der Waals surface area contributed by atoms with E-state index >= 15 is 0 Å². The lowest BCUT2D eigenvalue weighted by molar-refractivity contribution is 0.774. The van der Waals surface area contributed by atoms with Crippen LogP contribution in [0.15, 0.2) is 60.7 Å². The summed E-state index contributed by atoms with van der Waals surface area (Å²) in [5.41, 5.74) is 8.24. The first kappa shape index (κ1) is 17.4. The molecule has 2 aromatic rings. The Hall–Kier alpha value is -1.64. The van der Waals surface area contributed by atoms with E-state index in [2.05, 4.69) is 50.2 Å². The fourth-order valence-electron chi connectivity index (χ4n) is 1.63. The molecule has 1 atom stereocenters. The van der Waals surface area contributed by atoms with Crippen LogP contribution in [0.5, 0.6) is 0 Å². The van der Waals surface area contributed by atoms with Gasteiger partial charge in [-0.05, 0) is 30.0 Å². The predicted molar refractivity (Wildman–Crippen MR) is 84.8 cm³/mol. The molecule has 104 valence electrons. The summed E-state index contributed by atoms with van der Waals surface area (Å²) in [6.07, 6.45) is 1.14. The van der Waals surface area contributed by atoms with Crippen molar-refractivity contribution < 1.29 is 0 Å². The second kappa shape index (κ2) is 10.3. The molecule has 0 saturated heterocycles. The second-order valence-electron chi connectivity index (χ2n) is 4.39. The van der Waals surface area contributed by atoms with Crippen molar-refractivity contribution in [1.29, 1.82) is 0 Å². The maximum absolute atomic E-state index is 5.50. The summed E-state index contributed by atoms with van der Waals surface area (Å²) in [5, 5.41) is 0. The first-order chi connectivity index (χ1) is 8.77. The lowest BCUT2D eigenvalue weighted by atomic mass is 10.0. The Balaban J connectivity index is 0.000000331. The maximum Gasteiger partial charge on any atom is -0.00109 e. The van der Waals surface area contributed by atoms with E-state index < -0.39 is 0 Å². The van der Waals surface area contributed by atoms with Crippen molar-refractivity contribution in [2.45, 2.75) is 26.2 Å². The summed E-state index contributed by atoms with van der Waals surface area (Å²) in [7, 11) is 0. The minimum absolute atomic E-state index is 0. The van der Waals surface area contributed by atoms with Gasteiger partial charge in [0.15, 0.2) is 0 Å². The van der Waals surface area contributed by atoms with Gasteiger partial charge >= 0.3 is 0 Å². The van der Waals surface area contributed by atoms with Crippen molar-refractivity contribution in [3.8, 4) is 0 Å². The van der Waals surface area contributed by atoms with Gasteiger partial charge in [0.1, 0.15) is 0 Å². The van der Waals surface area contributed by atoms with Gasteiger partial charge in [-0.1, -0.05) is 74.5 Å². The largest absolute Gasteiger partial charge is 0.344 e. The van der Waals surface area contributed by atoms with Crippen molar-refractivity contribution in [1.82, 2.24) is 6.15 Å². The number of aryl methyl sites for hydroxylation is 1. The van der Waals surface area contributed by atoms with Crippen LogP contribution in [0.4, 0.5) is 0 Å². The second-order valence-corrected chi connectivity index (χ2v) is 4.39. The molecule has 19 heavy (non-hydrogen) atoms. The molecule has 0 aliphatic heterocycles. The predicted octanol–water partition coefficient (Wildman–Crippen LogP) is 4.16. The average Bonchev–Trinajstić information content (AvgIpc) is 2.49. The normalized spacial score (nSPS) is 10.7. The van der Waals surface area contributed by atoms with E-state index in [9.17, 15) is 0 Å². The number of hydrogen-bond acceptors (Lipinski definition) is 2. The van der Waals surface area contributed by atoms with E-state index in [4.69, 9.17) is 5.73 Å². The van der Waals surface area contributed by atoms with Crippen LogP contribution in [0.25, 0.3) is 0 Å². The summed E-state index contributed by atoms with van der Waals surface area (Å²) in [6, 6.07) is 20.8. The Kier molecular flexibility index (Phi) is 9.41. The minimum atomic E-state index is 0. The molecule has 2 rings (SSSR count). The van der Waals surface area contributed by atoms with E-state index in [0.29, 0.717) is 5.92 Å². The van der Waals surface area contributed by atoms with Crippen molar-refractivity contribution >= 4 is 0 Å². The number of hydrogen-bond donors (Lipinski definition) is 2. The topological polar surface area (TPSA) is 61.0 Å². The van der Waals surface area contributed by atoms with E-state index in [1.807, 2.05) is 24.3 Å². The van der Waals surface area contributed by atoms with Crippen molar-refractivity contribution in [2.75, 3.05) is 6.54 Å². The lowest BCUT2D eigenvalue weighted by Crippen LogP contribution is -2.08. The summed E-state index contributed by atoms with van der Waals surface area (Å²) < 4.78 is 0. The van der Waals surface area contributed by atoms with E-state index in [1.165, 1.54) is 11.1 Å². The molecule has 2 nitrogen and oxygen atoms in total. The molecule has 0 aliphatic rings. The fourth-order valence-corrected chi connectivity index (χ4v) is 1.63. The van der Waals surface area contributed by atoms with Gasteiger partial charge in [0.05, 0.1) is 0 Å². The molecule has 2 heteroatoms. The van der Waals surface area contributed by atoms with E-state index in [0.717, 1.165) is 13.0 Å². The highest BCUT2D eigenvalue weighted by Gasteiger charge is 1.99. The monoisotopic (exact) mass is 258 g/mol. The Morgan fingerprint density at radius 1 is 0.895 bits per heavy atom. The van der Waals surface area contributed by atoms with Crippen LogP contribution in [-0.4, -0.2) is 6.54 Å². The van der Waals surface area contributed by atoms with Crippen molar-refractivity contribution in [2.24, 2.45) is 5.73 Å². The highest BCUT2D eigenvalue weighted by atomic mass is 14.5. The van der Waals surface area contributed by atoms with Crippen LogP contribution in [0, 0.1) is 0 Å². The summed E-state index contributed by atoms with van der Waals surface area (Å²) in [6.45, 7) is 5.02.